The molecule has 0 aromatic heterocycles. The predicted octanol–water partition coefficient (Wildman–Crippen LogP) is 2.71. The van der Waals surface area contributed by atoms with Crippen LogP contribution in [0.1, 0.15) is 32.1 Å². The molecule has 2 nitrogen and oxygen atoms in total. The number of halogens is 3. The average molecular weight is 232 g/mol. The lowest BCUT2D eigenvalue weighted by Crippen LogP contribution is -2.44. The van der Waals surface area contributed by atoms with Crippen LogP contribution in [0.3, 0.4) is 0 Å². The van der Waals surface area contributed by atoms with Crippen molar-refractivity contribution in [2.45, 2.75) is 50.4 Å². The molecule has 16 heavy (non-hydrogen) atoms. The standard InChI is InChI=1S/C11H15F3N2/c12-11(13,14)7-16(9-4-5-9)10-3-1-2-8(10)6-15/h8-10H,1-5,7H2. The van der Waals surface area contributed by atoms with Gasteiger partial charge in [0.1, 0.15) is 0 Å². The van der Waals surface area contributed by atoms with Crippen molar-refractivity contribution in [3.63, 3.8) is 0 Å². The molecule has 0 saturated heterocycles. The van der Waals surface area contributed by atoms with Gasteiger partial charge in [-0.3, -0.25) is 4.90 Å². The number of hydrogen-bond donors (Lipinski definition) is 0. The van der Waals surface area contributed by atoms with E-state index in [0.717, 1.165) is 32.1 Å². The minimum Gasteiger partial charge on any atom is -0.288 e. The number of hydrogen-bond acceptors (Lipinski definition) is 2. The van der Waals surface area contributed by atoms with Crippen LogP contribution in [0.5, 0.6) is 0 Å². The molecule has 2 aliphatic carbocycles. The average Bonchev–Trinajstić information content (AvgIpc) is 2.91. The summed E-state index contributed by atoms with van der Waals surface area (Å²) in [5.74, 6) is -0.206. The Balaban J connectivity index is 2.04. The predicted molar refractivity (Wildman–Crippen MR) is 52.5 cm³/mol. The van der Waals surface area contributed by atoms with E-state index in [1.807, 2.05) is 0 Å². The maximum absolute atomic E-state index is 12.5. The summed E-state index contributed by atoms with van der Waals surface area (Å²) in [4.78, 5) is 1.53. The first-order valence-corrected chi connectivity index (χ1v) is 5.73. The van der Waals surface area contributed by atoms with E-state index in [1.165, 1.54) is 4.90 Å². The van der Waals surface area contributed by atoms with Crippen molar-refractivity contribution in [3.8, 4) is 6.07 Å². The zero-order chi connectivity index (χ0) is 11.8. The second-order valence-corrected chi connectivity index (χ2v) is 4.75. The van der Waals surface area contributed by atoms with Crippen LogP contribution in [0.2, 0.25) is 0 Å². The Morgan fingerprint density at radius 1 is 1.19 bits per heavy atom. The Morgan fingerprint density at radius 3 is 2.38 bits per heavy atom. The molecule has 0 aliphatic heterocycles. The topological polar surface area (TPSA) is 27.0 Å². The largest absolute Gasteiger partial charge is 0.401 e. The lowest BCUT2D eigenvalue weighted by Gasteiger charge is -2.31. The van der Waals surface area contributed by atoms with Crippen molar-refractivity contribution in [1.29, 1.82) is 5.26 Å². The summed E-state index contributed by atoms with van der Waals surface area (Å²) in [6, 6.07) is 2.06. The van der Waals surface area contributed by atoms with E-state index < -0.39 is 12.7 Å². The van der Waals surface area contributed by atoms with Gasteiger partial charge < -0.3 is 0 Å². The van der Waals surface area contributed by atoms with Crippen LogP contribution in [-0.2, 0) is 0 Å². The first-order chi connectivity index (χ1) is 7.51. The summed E-state index contributed by atoms with van der Waals surface area (Å²) in [5, 5.41) is 8.93. The third-order valence-electron chi connectivity index (χ3n) is 3.45. The zero-order valence-corrected chi connectivity index (χ0v) is 9.00. The van der Waals surface area contributed by atoms with Gasteiger partial charge in [-0.2, -0.15) is 18.4 Å². The van der Waals surface area contributed by atoms with Gasteiger partial charge in [0.2, 0.25) is 0 Å². The fourth-order valence-electron chi connectivity index (χ4n) is 2.62. The Bertz CT molecular complexity index is 291. The first kappa shape index (κ1) is 11.7. The lowest BCUT2D eigenvalue weighted by atomic mass is 10.0. The molecule has 2 atom stereocenters. The highest BCUT2D eigenvalue weighted by molar-refractivity contribution is 5.01. The molecule has 0 radical (unpaired) electrons. The number of nitrogens with zero attached hydrogens (tertiary/aromatic N) is 2. The second kappa shape index (κ2) is 4.25. The Hall–Kier alpha value is -0.760. The Morgan fingerprint density at radius 2 is 1.88 bits per heavy atom. The summed E-state index contributed by atoms with van der Waals surface area (Å²) in [6.45, 7) is -0.847. The van der Waals surface area contributed by atoms with E-state index in [4.69, 9.17) is 5.26 Å². The molecule has 0 heterocycles. The molecule has 90 valence electrons. The SMILES string of the molecule is N#CC1CCCC1N(CC(F)(F)F)C1CC1. The van der Waals surface area contributed by atoms with Gasteiger partial charge in [-0.1, -0.05) is 6.42 Å². The van der Waals surface area contributed by atoms with Crippen molar-refractivity contribution >= 4 is 0 Å². The molecule has 0 bridgehead atoms. The van der Waals surface area contributed by atoms with Crippen LogP contribution in [0.25, 0.3) is 0 Å². The van der Waals surface area contributed by atoms with Crippen molar-refractivity contribution in [2.24, 2.45) is 5.92 Å². The monoisotopic (exact) mass is 232 g/mol. The van der Waals surface area contributed by atoms with Crippen molar-refractivity contribution in [3.05, 3.63) is 0 Å². The second-order valence-electron chi connectivity index (χ2n) is 4.75. The van der Waals surface area contributed by atoms with Gasteiger partial charge in [-0.25, -0.2) is 0 Å². The highest BCUT2D eigenvalue weighted by Crippen LogP contribution is 2.38. The normalized spacial score (nSPS) is 30.7. The molecule has 5 heteroatoms. The van der Waals surface area contributed by atoms with Crippen LogP contribution in [0.4, 0.5) is 13.2 Å². The smallest absolute Gasteiger partial charge is 0.288 e. The summed E-state index contributed by atoms with van der Waals surface area (Å²) in [5.41, 5.74) is 0. The summed E-state index contributed by atoms with van der Waals surface area (Å²) in [7, 11) is 0. The number of alkyl halides is 3. The van der Waals surface area contributed by atoms with Gasteiger partial charge in [0.15, 0.2) is 0 Å². The van der Waals surface area contributed by atoms with E-state index >= 15 is 0 Å². The van der Waals surface area contributed by atoms with E-state index in [0.29, 0.717) is 0 Å². The van der Waals surface area contributed by atoms with Gasteiger partial charge in [0, 0.05) is 12.1 Å². The summed E-state index contributed by atoms with van der Waals surface area (Å²) in [6.07, 6.45) is -0.0718. The highest BCUT2D eigenvalue weighted by Gasteiger charge is 2.44. The Labute approximate surface area is 93.0 Å². The number of rotatable bonds is 3. The molecule has 2 aliphatic rings. The zero-order valence-electron chi connectivity index (χ0n) is 9.00. The van der Waals surface area contributed by atoms with Gasteiger partial charge >= 0.3 is 6.18 Å². The third kappa shape index (κ3) is 2.67. The minimum atomic E-state index is -4.15. The molecular weight excluding hydrogens is 217 g/mol. The van der Waals surface area contributed by atoms with E-state index in [2.05, 4.69) is 6.07 Å². The van der Waals surface area contributed by atoms with Gasteiger partial charge in [-0.15, -0.1) is 0 Å². The highest BCUT2D eigenvalue weighted by atomic mass is 19.4. The van der Waals surface area contributed by atoms with Gasteiger partial charge in [0.25, 0.3) is 0 Å². The van der Waals surface area contributed by atoms with Crippen LogP contribution >= 0.6 is 0 Å². The molecule has 2 fully saturated rings. The summed E-state index contributed by atoms with van der Waals surface area (Å²) < 4.78 is 37.4. The maximum Gasteiger partial charge on any atom is 0.401 e. The lowest BCUT2D eigenvalue weighted by molar-refractivity contribution is -0.153. The molecular formula is C11H15F3N2. The van der Waals surface area contributed by atoms with Crippen molar-refractivity contribution < 1.29 is 13.2 Å². The third-order valence-corrected chi connectivity index (χ3v) is 3.45. The minimum absolute atomic E-state index is 0.0700. The molecule has 2 saturated carbocycles. The van der Waals surface area contributed by atoms with Crippen molar-refractivity contribution in [1.82, 2.24) is 4.90 Å². The first-order valence-electron chi connectivity index (χ1n) is 5.73. The van der Waals surface area contributed by atoms with Crippen LogP contribution in [-0.4, -0.2) is 29.7 Å². The molecule has 2 unspecified atom stereocenters. The van der Waals surface area contributed by atoms with Crippen LogP contribution in [0, 0.1) is 17.2 Å². The Kier molecular flexibility index (Phi) is 3.11. The molecule has 0 N–H and O–H groups in total. The van der Waals surface area contributed by atoms with E-state index in [9.17, 15) is 13.2 Å². The molecule has 0 aromatic rings. The van der Waals surface area contributed by atoms with Crippen LogP contribution < -0.4 is 0 Å². The van der Waals surface area contributed by atoms with Crippen molar-refractivity contribution in [2.75, 3.05) is 6.54 Å². The van der Waals surface area contributed by atoms with Crippen LogP contribution in [0.15, 0.2) is 0 Å². The fourth-order valence-corrected chi connectivity index (χ4v) is 2.62. The maximum atomic E-state index is 12.5. The van der Waals surface area contributed by atoms with Gasteiger partial charge in [0.05, 0.1) is 18.5 Å². The summed E-state index contributed by atoms with van der Waals surface area (Å²) >= 11 is 0. The molecule has 0 aromatic carbocycles. The quantitative estimate of drug-likeness (QED) is 0.748. The number of nitriles is 1. The molecule has 0 amide bonds. The van der Waals surface area contributed by atoms with Gasteiger partial charge in [-0.05, 0) is 25.7 Å². The fraction of sp³-hybridized carbons (Fsp3) is 0.909. The molecule has 2 rings (SSSR count). The van der Waals surface area contributed by atoms with E-state index in [-0.39, 0.29) is 18.0 Å². The van der Waals surface area contributed by atoms with E-state index in [1.54, 1.807) is 0 Å². The molecule has 0 spiro atoms.